The van der Waals surface area contributed by atoms with E-state index in [1.165, 1.54) is 0 Å². The van der Waals surface area contributed by atoms with E-state index in [4.69, 9.17) is 4.52 Å². The minimum atomic E-state index is -0.277. The Morgan fingerprint density at radius 3 is 2.94 bits per heavy atom. The summed E-state index contributed by atoms with van der Waals surface area (Å²) in [6.45, 7) is 1.70. The number of anilines is 1. The fraction of sp³-hybridized carbons (Fsp3) is 0.700. The lowest BCUT2D eigenvalue weighted by molar-refractivity contribution is 0.247. The van der Waals surface area contributed by atoms with Crippen LogP contribution >= 0.6 is 11.8 Å². The summed E-state index contributed by atoms with van der Waals surface area (Å²) in [4.78, 5) is 15.5. The molecule has 0 aromatic carbocycles. The van der Waals surface area contributed by atoms with E-state index in [0.29, 0.717) is 11.1 Å². The molecule has 2 atom stereocenters. The molecule has 0 aliphatic heterocycles. The van der Waals surface area contributed by atoms with Crippen LogP contribution < -0.4 is 10.6 Å². The number of hydrogen-bond donors (Lipinski definition) is 2. The molecule has 1 aromatic heterocycles. The smallest absolute Gasteiger partial charge is 0.329 e. The second kappa shape index (κ2) is 5.39. The van der Waals surface area contributed by atoms with Gasteiger partial charge in [0.05, 0.1) is 0 Å². The SMILES string of the molecule is CSC1CCC(NC(=O)Nc2nc(C)no2)C1. The number of carbonyl (C=O) groups excluding carboxylic acids is 1. The highest BCUT2D eigenvalue weighted by molar-refractivity contribution is 7.99. The van der Waals surface area contributed by atoms with Gasteiger partial charge in [-0.05, 0) is 32.4 Å². The molecule has 0 bridgehead atoms. The van der Waals surface area contributed by atoms with Gasteiger partial charge in [-0.15, -0.1) is 0 Å². The molecule has 1 fully saturated rings. The lowest BCUT2D eigenvalue weighted by atomic mass is 10.2. The lowest BCUT2D eigenvalue weighted by Crippen LogP contribution is -2.36. The highest BCUT2D eigenvalue weighted by Gasteiger charge is 2.25. The summed E-state index contributed by atoms with van der Waals surface area (Å²) in [6.07, 6.45) is 5.32. The molecule has 2 rings (SSSR count). The number of aromatic nitrogens is 2. The van der Waals surface area contributed by atoms with Crippen molar-refractivity contribution in [2.24, 2.45) is 0 Å². The van der Waals surface area contributed by atoms with Crippen molar-refractivity contribution in [2.45, 2.75) is 37.5 Å². The number of urea groups is 1. The molecule has 2 N–H and O–H groups in total. The van der Waals surface area contributed by atoms with Gasteiger partial charge in [0.2, 0.25) is 0 Å². The Bertz CT molecular complexity index is 395. The van der Waals surface area contributed by atoms with Crippen LogP contribution in [0.2, 0.25) is 0 Å². The molecule has 0 saturated heterocycles. The summed E-state index contributed by atoms with van der Waals surface area (Å²) in [7, 11) is 0. The molecule has 7 heteroatoms. The van der Waals surface area contributed by atoms with E-state index in [1.807, 2.05) is 11.8 Å². The van der Waals surface area contributed by atoms with Crippen molar-refractivity contribution in [3.05, 3.63) is 5.82 Å². The number of rotatable bonds is 3. The first-order chi connectivity index (χ1) is 8.17. The van der Waals surface area contributed by atoms with Crippen molar-refractivity contribution < 1.29 is 9.32 Å². The number of nitrogens with zero attached hydrogens (tertiary/aromatic N) is 2. The molecular weight excluding hydrogens is 240 g/mol. The Morgan fingerprint density at radius 1 is 1.53 bits per heavy atom. The first kappa shape index (κ1) is 12.2. The highest BCUT2D eigenvalue weighted by atomic mass is 32.2. The van der Waals surface area contributed by atoms with Crippen molar-refractivity contribution in [1.82, 2.24) is 15.5 Å². The van der Waals surface area contributed by atoms with Crippen LogP contribution in [0.25, 0.3) is 0 Å². The van der Waals surface area contributed by atoms with E-state index in [2.05, 4.69) is 27.0 Å². The van der Waals surface area contributed by atoms with Crippen LogP contribution in [0, 0.1) is 6.92 Å². The van der Waals surface area contributed by atoms with Crippen LogP contribution in [0.15, 0.2) is 4.52 Å². The van der Waals surface area contributed by atoms with Gasteiger partial charge in [-0.3, -0.25) is 5.32 Å². The predicted molar refractivity (Wildman–Crippen MR) is 66.1 cm³/mol. The third-order valence-electron chi connectivity index (χ3n) is 2.80. The molecule has 6 nitrogen and oxygen atoms in total. The number of nitrogens with one attached hydrogen (secondary N) is 2. The number of hydrogen-bond acceptors (Lipinski definition) is 5. The molecule has 1 aliphatic carbocycles. The molecule has 2 amide bonds. The van der Waals surface area contributed by atoms with Crippen LogP contribution in [0.3, 0.4) is 0 Å². The zero-order chi connectivity index (χ0) is 12.3. The Balaban J connectivity index is 1.78. The van der Waals surface area contributed by atoms with E-state index in [0.717, 1.165) is 19.3 Å². The first-order valence-electron chi connectivity index (χ1n) is 5.58. The number of carbonyl (C=O) groups is 1. The van der Waals surface area contributed by atoms with Crippen molar-refractivity contribution in [3.8, 4) is 0 Å². The van der Waals surface area contributed by atoms with Crippen LogP contribution in [-0.4, -0.2) is 33.7 Å². The molecule has 1 heterocycles. The summed E-state index contributed by atoms with van der Waals surface area (Å²) < 4.78 is 4.80. The van der Waals surface area contributed by atoms with Crippen molar-refractivity contribution in [3.63, 3.8) is 0 Å². The van der Waals surface area contributed by atoms with Crippen molar-refractivity contribution in [1.29, 1.82) is 0 Å². The average Bonchev–Trinajstić information content (AvgIpc) is 2.88. The second-order valence-corrected chi connectivity index (χ2v) is 5.25. The summed E-state index contributed by atoms with van der Waals surface area (Å²) in [5.74, 6) is 0.503. The molecule has 2 unspecified atom stereocenters. The number of aryl methyl sites for hydroxylation is 1. The topological polar surface area (TPSA) is 80.0 Å². The van der Waals surface area contributed by atoms with Gasteiger partial charge in [0.1, 0.15) is 0 Å². The third-order valence-corrected chi connectivity index (χ3v) is 3.90. The van der Waals surface area contributed by atoms with Crippen LogP contribution in [0.4, 0.5) is 10.8 Å². The zero-order valence-corrected chi connectivity index (χ0v) is 10.7. The first-order valence-corrected chi connectivity index (χ1v) is 6.87. The van der Waals surface area contributed by atoms with Gasteiger partial charge in [0.15, 0.2) is 5.82 Å². The summed E-state index contributed by atoms with van der Waals surface area (Å²) >= 11 is 1.86. The van der Waals surface area contributed by atoms with E-state index in [9.17, 15) is 4.79 Å². The van der Waals surface area contributed by atoms with Gasteiger partial charge in [-0.2, -0.15) is 16.7 Å². The minimum Gasteiger partial charge on any atom is -0.335 e. The summed E-state index contributed by atoms with van der Waals surface area (Å²) in [5.41, 5.74) is 0. The van der Waals surface area contributed by atoms with Gasteiger partial charge in [-0.25, -0.2) is 4.79 Å². The summed E-state index contributed by atoms with van der Waals surface area (Å²) in [5, 5.41) is 9.69. The van der Waals surface area contributed by atoms with Crippen LogP contribution in [-0.2, 0) is 0 Å². The van der Waals surface area contributed by atoms with E-state index >= 15 is 0 Å². The normalized spacial score (nSPS) is 23.6. The Hall–Kier alpha value is -1.24. The maximum absolute atomic E-state index is 11.6. The molecule has 1 saturated carbocycles. The van der Waals surface area contributed by atoms with Gasteiger partial charge in [0.25, 0.3) is 0 Å². The predicted octanol–water partition coefficient (Wildman–Crippen LogP) is 1.78. The van der Waals surface area contributed by atoms with Gasteiger partial charge < -0.3 is 9.84 Å². The number of thioether (sulfide) groups is 1. The molecule has 94 valence electrons. The molecule has 1 aromatic rings. The van der Waals surface area contributed by atoms with E-state index in [-0.39, 0.29) is 18.1 Å². The Morgan fingerprint density at radius 2 is 2.35 bits per heavy atom. The van der Waals surface area contributed by atoms with E-state index in [1.54, 1.807) is 6.92 Å². The molecule has 17 heavy (non-hydrogen) atoms. The average molecular weight is 256 g/mol. The van der Waals surface area contributed by atoms with Gasteiger partial charge >= 0.3 is 12.0 Å². The minimum absolute atomic E-state index is 0.138. The highest BCUT2D eigenvalue weighted by Crippen LogP contribution is 2.28. The fourth-order valence-electron chi connectivity index (χ4n) is 1.95. The largest absolute Gasteiger partial charge is 0.335 e. The second-order valence-electron chi connectivity index (χ2n) is 4.11. The monoisotopic (exact) mass is 256 g/mol. The number of amides is 2. The van der Waals surface area contributed by atoms with Crippen molar-refractivity contribution >= 4 is 23.8 Å². The van der Waals surface area contributed by atoms with Crippen LogP contribution in [0.1, 0.15) is 25.1 Å². The van der Waals surface area contributed by atoms with Crippen molar-refractivity contribution in [2.75, 3.05) is 11.6 Å². The maximum atomic E-state index is 11.6. The zero-order valence-electron chi connectivity index (χ0n) is 9.90. The fourth-order valence-corrected chi connectivity index (χ4v) is 2.75. The molecule has 0 spiro atoms. The standard InChI is InChI=1S/C10H16N4O2S/c1-6-11-10(16-14-6)13-9(15)12-7-3-4-8(5-7)17-2/h7-8H,3-5H2,1-2H3,(H2,11,12,13,14,15). The molecular formula is C10H16N4O2S. The third kappa shape index (κ3) is 3.36. The lowest BCUT2D eigenvalue weighted by Gasteiger charge is -2.11. The van der Waals surface area contributed by atoms with Crippen LogP contribution in [0.5, 0.6) is 0 Å². The maximum Gasteiger partial charge on any atom is 0.329 e. The van der Waals surface area contributed by atoms with E-state index < -0.39 is 0 Å². The molecule has 0 radical (unpaired) electrons. The van der Waals surface area contributed by atoms with Gasteiger partial charge in [0, 0.05) is 11.3 Å². The quantitative estimate of drug-likeness (QED) is 0.861. The Labute approximate surface area is 104 Å². The Kier molecular flexibility index (Phi) is 3.88. The molecule has 1 aliphatic rings. The summed E-state index contributed by atoms with van der Waals surface area (Å²) in [6, 6.07) is 0.108. The van der Waals surface area contributed by atoms with Gasteiger partial charge in [-0.1, -0.05) is 5.16 Å².